The number of aryl methyl sites for hydroxylation is 3. The molecule has 0 aromatic heterocycles. The maximum atomic E-state index is 13.2. The molecular formula is C33H31N3O3S. The summed E-state index contributed by atoms with van der Waals surface area (Å²) in [4.78, 5) is 39.4. The topological polar surface area (TPSA) is 87.3 Å². The molecule has 4 rings (SSSR count). The van der Waals surface area contributed by atoms with Crippen LogP contribution < -0.4 is 16.0 Å². The van der Waals surface area contributed by atoms with Gasteiger partial charge < -0.3 is 16.0 Å². The van der Waals surface area contributed by atoms with Crippen LogP contribution in [0.5, 0.6) is 0 Å². The molecule has 3 N–H and O–H groups in total. The fraction of sp³-hybridized carbons (Fsp3) is 0.121. The molecular weight excluding hydrogens is 518 g/mol. The van der Waals surface area contributed by atoms with Crippen LogP contribution in [0.3, 0.4) is 0 Å². The van der Waals surface area contributed by atoms with Gasteiger partial charge in [-0.25, -0.2) is 0 Å². The number of amides is 3. The van der Waals surface area contributed by atoms with Gasteiger partial charge in [-0.05, 0) is 80.4 Å². The van der Waals surface area contributed by atoms with Crippen LogP contribution in [0.4, 0.5) is 11.4 Å². The van der Waals surface area contributed by atoms with Gasteiger partial charge in [-0.3, -0.25) is 14.4 Å². The van der Waals surface area contributed by atoms with Gasteiger partial charge in [0.2, 0.25) is 5.91 Å². The van der Waals surface area contributed by atoms with Gasteiger partial charge in [-0.15, -0.1) is 11.8 Å². The van der Waals surface area contributed by atoms with E-state index in [1.54, 1.807) is 42.5 Å². The molecule has 0 saturated carbocycles. The van der Waals surface area contributed by atoms with Gasteiger partial charge in [-0.2, -0.15) is 0 Å². The highest BCUT2D eigenvalue weighted by molar-refractivity contribution is 8.00. The first-order chi connectivity index (χ1) is 19.3. The lowest BCUT2D eigenvalue weighted by molar-refractivity contribution is -0.114. The Morgan fingerprint density at radius 2 is 1.43 bits per heavy atom. The summed E-state index contributed by atoms with van der Waals surface area (Å²) in [6, 6.07) is 29.5. The predicted molar refractivity (Wildman–Crippen MR) is 163 cm³/mol. The van der Waals surface area contributed by atoms with Crippen molar-refractivity contribution in [2.75, 3.05) is 16.4 Å². The van der Waals surface area contributed by atoms with Gasteiger partial charge in [-0.1, -0.05) is 65.7 Å². The third kappa shape index (κ3) is 8.19. The Morgan fingerprint density at radius 3 is 2.10 bits per heavy atom. The van der Waals surface area contributed by atoms with E-state index in [0.29, 0.717) is 11.3 Å². The van der Waals surface area contributed by atoms with Gasteiger partial charge in [0.25, 0.3) is 11.8 Å². The Labute approximate surface area is 238 Å². The molecule has 0 atom stereocenters. The van der Waals surface area contributed by atoms with Gasteiger partial charge >= 0.3 is 0 Å². The van der Waals surface area contributed by atoms with E-state index in [1.807, 2.05) is 81.4 Å². The summed E-state index contributed by atoms with van der Waals surface area (Å²) >= 11 is 1.41. The second kappa shape index (κ2) is 13.4. The van der Waals surface area contributed by atoms with E-state index in [2.05, 4.69) is 16.0 Å². The largest absolute Gasteiger partial charge is 0.325 e. The lowest BCUT2D eigenvalue weighted by atomic mass is 10.1. The second-order valence-electron chi connectivity index (χ2n) is 9.42. The Morgan fingerprint density at radius 1 is 0.750 bits per heavy atom. The number of rotatable bonds is 9. The van der Waals surface area contributed by atoms with E-state index < -0.39 is 5.91 Å². The van der Waals surface area contributed by atoms with E-state index in [0.717, 1.165) is 32.8 Å². The van der Waals surface area contributed by atoms with E-state index in [-0.39, 0.29) is 23.3 Å². The maximum Gasteiger partial charge on any atom is 0.272 e. The average molecular weight is 550 g/mol. The highest BCUT2D eigenvalue weighted by Gasteiger charge is 2.15. The number of carbonyl (C=O) groups excluding carboxylic acids is 3. The molecule has 0 aliphatic rings. The third-order valence-electron chi connectivity index (χ3n) is 6.06. The first kappa shape index (κ1) is 28.4. The van der Waals surface area contributed by atoms with Crippen molar-refractivity contribution in [2.45, 2.75) is 25.7 Å². The fourth-order valence-corrected chi connectivity index (χ4v) is 4.59. The molecule has 4 aromatic rings. The molecule has 0 unspecified atom stereocenters. The van der Waals surface area contributed by atoms with Crippen molar-refractivity contribution >= 4 is 46.9 Å². The number of thioether (sulfide) groups is 1. The minimum absolute atomic E-state index is 0.0885. The standard InChI is InChI=1S/C33H31N3O3S/c1-22-9-12-25(13-10-22)20-30(36-32(38)26-7-5-4-6-8-26)33(39)34-27-14-16-28(17-15-27)40-21-31(37)35-29-18-11-23(2)19-24(29)3/h4-20H,21H2,1-3H3,(H,34,39)(H,35,37)(H,36,38)/b30-20-. The molecule has 6 nitrogen and oxygen atoms in total. The molecule has 0 aliphatic heterocycles. The van der Waals surface area contributed by atoms with E-state index >= 15 is 0 Å². The second-order valence-corrected chi connectivity index (χ2v) is 10.5. The number of hydrogen-bond acceptors (Lipinski definition) is 4. The van der Waals surface area contributed by atoms with Gasteiger partial charge in [0.05, 0.1) is 5.75 Å². The molecule has 0 bridgehead atoms. The quantitative estimate of drug-likeness (QED) is 0.159. The van der Waals surface area contributed by atoms with Crippen molar-refractivity contribution in [2.24, 2.45) is 0 Å². The fourth-order valence-electron chi connectivity index (χ4n) is 3.89. The Balaban J connectivity index is 1.40. The van der Waals surface area contributed by atoms with Crippen molar-refractivity contribution in [1.82, 2.24) is 5.32 Å². The lowest BCUT2D eigenvalue weighted by Crippen LogP contribution is -2.30. The zero-order valence-electron chi connectivity index (χ0n) is 22.7. The average Bonchev–Trinajstić information content (AvgIpc) is 2.95. The van der Waals surface area contributed by atoms with Crippen molar-refractivity contribution in [1.29, 1.82) is 0 Å². The summed E-state index contributed by atoms with van der Waals surface area (Å²) in [5, 5.41) is 8.55. The zero-order chi connectivity index (χ0) is 28.5. The monoisotopic (exact) mass is 549 g/mol. The zero-order valence-corrected chi connectivity index (χ0v) is 23.5. The van der Waals surface area contributed by atoms with Crippen LogP contribution in [0.2, 0.25) is 0 Å². The summed E-state index contributed by atoms with van der Waals surface area (Å²) in [7, 11) is 0. The van der Waals surface area contributed by atoms with Crippen LogP contribution in [0.15, 0.2) is 108 Å². The molecule has 7 heteroatoms. The summed E-state index contributed by atoms with van der Waals surface area (Å²) in [5.41, 5.74) is 6.00. The SMILES string of the molecule is Cc1ccc(/C=C(\NC(=O)c2ccccc2)C(=O)Nc2ccc(SCC(=O)Nc3ccc(C)cc3C)cc2)cc1. The minimum atomic E-state index is -0.446. The molecule has 4 aromatic carbocycles. The summed E-state index contributed by atoms with van der Waals surface area (Å²) in [6.45, 7) is 5.97. The van der Waals surface area contributed by atoms with Crippen molar-refractivity contribution in [3.8, 4) is 0 Å². The Hall–Kier alpha value is -4.62. The molecule has 3 amide bonds. The van der Waals surface area contributed by atoms with E-state index in [1.165, 1.54) is 11.8 Å². The van der Waals surface area contributed by atoms with Crippen LogP contribution in [0.1, 0.15) is 32.6 Å². The molecule has 0 radical (unpaired) electrons. The van der Waals surface area contributed by atoms with Crippen LogP contribution in [-0.2, 0) is 9.59 Å². The van der Waals surface area contributed by atoms with Gasteiger partial charge in [0.1, 0.15) is 5.70 Å². The molecule has 0 spiro atoms. The van der Waals surface area contributed by atoms with E-state index in [4.69, 9.17) is 0 Å². The molecule has 0 fully saturated rings. The highest BCUT2D eigenvalue weighted by Crippen LogP contribution is 2.22. The van der Waals surface area contributed by atoms with Crippen LogP contribution >= 0.6 is 11.8 Å². The first-order valence-electron chi connectivity index (χ1n) is 12.8. The van der Waals surface area contributed by atoms with Crippen molar-refractivity contribution in [3.63, 3.8) is 0 Å². The number of nitrogens with one attached hydrogen (secondary N) is 3. The molecule has 0 saturated heterocycles. The smallest absolute Gasteiger partial charge is 0.272 e. The summed E-state index contributed by atoms with van der Waals surface area (Å²) < 4.78 is 0. The third-order valence-corrected chi connectivity index (χ3v) is 7.07. The lowest BCUT2D eigenvalue weighted by Gasteiger charge is -2.12. The first-order valence-corrected chi connectivity index (χ1v) is 13.8. The summed E-state index contributed by atoms with van der Waals surface area (Å²) in [5.74, 6) is -0.652. The molecule has 0 heterocycles. The number of benzene rings is 4. The minimum Gasteiger partial charge on any atom is -0.325 e. The van der Waals surface area contributed by atoms with Crippen LogP contribution in [-0.4, -0.2) is 23.5 Å². The maximum absolute atomic E-state index is 13.2. The van der Waals surface area contributed by atoms with Crippen molar-refractivity contribution < 1.29 is 14.4 Å². The van der Waals surface area contributed by atoms with Crippen LogP contribution in [0.25, 0.3) is 6.08 Å². The number of carbonyl (C=O) groups is 3. The number of hydrogen-bond donors (Lipinski definition) is 3. The van der Waals surface area contributed by atoms with Crippen LogP contribution in [0, 0.1) is 20.8 Å². The number of anilines is 2. The normalized spacial score (nSPS) is 11.0. The molecule has 202 valence electrons. The molecule has 40 heavy (non-hydrogen) atoms. The summed E-state index contributed by atoms with van der Waals surface area (Å²) in [6.07, 6.45) is 1.65. The van der Waals surface area contributed by atoms with Gasteiger partial charge in [0, 0.05) is 21.8 Å². The van der Waals surface area contributed by atoms with Gasteiger partial charge in [0.15, 0.2) is 0 Å². The predicted octanol–water partition coefficient (Wildman–Crippen LogP) is 6.75. The van der Waals surface area contributed by atoms with Crippen molar-refractivity contribution in [3.05, 3.63) is 131 Å². The molecule has 0 aliphatic carbocycles. The Bertz CT molecular complexity index is 1530. The highest BCUT2D eigenvalue weighted by atomic mass is 32.2. The Kier molecular flexibility index (Phi) is 9.54. The van der Waals surface area contributed by atoms with E-state index in [9.17, 15) is 14.4 Å².